The van der Waals surface area contributed by atoms with Crippen molar-refractivity contribution < 1.29 is 92.3 Å². The van der Waals surface area contributed by atoms with Crippen molar-refractivity contribution in [3.8, 4) is 11.5 Å². The van der Waals surface area contributed by atoms with Gasteiger partial charge in [-0.25, -0.2) is 56.8 Å². The number of H-pyrrole nitrogens is 2. The number of hydrogen-bond donors (Lipinski definition) is 2. The standard InChI is InChI=1S/2C16H12N2O2.2ClHO4.H2O/c2*19-16(18-13-8-2-1-3-9-13)20-14-10-4-6-12-7-5-11-17-15(12)14;2*2-1(3,4)5;/h2*1-11H,(H,18,19);2*(H,2,3,4,5);1H2. The predicted molar refractivity (Wildman–Crippen MR) is 157 cm³/mol. The summed E-state index contributed by atoms with van der Waals surface area (Å²) in [4.78, 5) is 29.9. The zero-order chi connectivity index (χ0) is 36.6. The minimum atomic E-state index is -4.94. The Kier molecular flexibility index (Phi) is 16.5. The number of carbonyl (C=O) groups excluding carboxylic acids is 2. The van der Waals surface area contributed by atoms with Crippen molar-refractivity contribution in [3.05, 3.63) is 134 Å². The van der Waals surface area contributed by atoms with Crippen LogP contribution < -0.4 is 67.3 Å². The lowest BCUT2D eigenvalue weighted by molar-refractivity contribution is -2.00. The molecule has 0 unspecified atom stereocenters. The fraction of sp³-hybridized carbons (Fsp3) is 0. The monoisotopic (exact) mass is 746 g/mol. The van der Waals surface area contributed by atoms with Gasteiger partial charge in [0.25, 0.3) is 11.0 Å². The lowest BCUT2D eigenvalue weighted by Gasteiger charge is -2.17. The molecule has 0 atom stereocenters. The van der Waals surface area contributed by atoms with E-state index in [1.807, 2.05) is 84.9 Å². The molecular formula is C32H28Cl2N4O13. The van der Waals surface area contributed by atoms with E-state index in [1.165, 1.54) is 0 Å². The van der Waals surface area contributed by atoms with Gasteiger partial charge in [-0.3, -0.25) is 10.6 Å². The molecule has 0 bridgehead atoms. The highest BCUT2D eigenvalue weighted by atomic mass is 35.7. The second-order valence-electron chi connectivity index (χ2n) is 9.30. The van der Waals surface area contributed by atoms with Gasteiger partial charge < -0.3 is 14.9 Å². The number of nitrogens with one attached hydrogen (secondary N) is 4. The number of halogens is 2. The fourth-order valence-corrected chi connectivity index (χ4v) is 3.95. The number of hydrogen-bond acceptors (Lipinski definition) is 12. The number of fused-ring (bicyclic) bond motifs is 2. The SMILES string of the molecule is O.O=C(Nc1ccccc1)Oc1cccc2ccc[nH+]c12.O=C(Nc1ccccc1)Oc1cccc2ccc[nH+]c12.[O-][Cl+3]([O-])([O-])[O-].[O-][Cl+3]([O-])([O-])[O-]. The zero-order valence-corrected chi connectivity index (χ0v) is 27.4. The van der Waals surface area contributed by atoms with E-state index in [9.17, 15) is 9.59 Å². The summed E-state index contributed by atoms with van der Waals surface area (Å²) in [5.41, 5.74) is 2.97. The molecule has 0 aliphatic rings. The van der Waals surface area contributed by atoms with Crippen molar-refractivity contribution in [2.45, 2.75) is 0 Å². The molecule has 6 aromatic rings. The summed E-state index contributed by atoms with van der Waals surface area (Å²) in [6.45, 7) is 0. The van der Waals surface area contributed by atoms with Gasteiger partial charge in [-0.1, -0.05) is 48.5 Å². The molecule has 17 nitrogen and oxygen atoms in total. The van der Waals surface area contributed by atoms with Crippen LogP contribution in [0.1, 0.15) is 0 Å². The first-order chi connectivity index (χ1) is 23.7. The third-order valence-electron chi connectivity index (χ3n) is 5.76. The number of ether oxygens (including phenoxy) is 2. The summed E-state index contributed by atoms with van der Waals surface area (Å²) in [7, 11) is -9.89. The molecule has 2 aromatic heterocycles. The number of para-hydroxylation sites is 4. The van der Waals surface area contributed by atoms with Crippen molar-refractivity contribution in [2.75, 3.05) is 10.6 Å². The smallest absolute Gasteiger partial charge is 0.412 e. The van der Waals surface area contributed by atoms with E-state index in [0.29, 0.717) is 22.9 Å². The molecule has 0 saturated heterocycles. The van der Waals surface area contributed by atoms with E-state index in [1.54, 1.807) is 48.8 Å². The number of aromatic nitrogens is 2. The van der Waals surface area contributed by atoms with Gasteiger partial charge in [0.05, 0.1) is 10.8 Å². The van der Waals surface area contributed by atoms with E-state index in [0.717, 1.165) is 21.8 Å². The predicted octanol–water partition coefficient (Wildman–Crippen LogP) is -3.81. The van der Waals surface area contributed by atoms with Crippen LogP contribution in [0.3, 0.4) is 0 Å². The molecule has 19 heteroatoms. The first-order valence-electron chi connectivity index (χ1n) is 13.8. The average Bonchev–Trinajstić information content (AvgIpc) is 3.05. The molecule has 2 heterocycles. The van der Waals surface area contributed by atoms with E-state index >= 15 is 0 Å². The minimum absolute atomic E-state index is 0. The Morgan fingerprint density at radius 3 is 1.12 bits per heavy atom. The lowest BCUT2D eigenvalue weighted by Crippen LogP contribution is -2.68. The number of carbonyl (C=O) groups is 2. The summed E-state index contributed by atoms with van der Waals surface area (Å²) in [6.07, 6.45) is 2.57. The highest BCUT2D eigenvalue weighted by Gasteiger charge is 2.13. The molecule has 0 radical (unpaired) electrons. The topological polar surface area (TPSA) is 321 Å². The van der Waals surface area contributed by atoms with E-state index < -0.39 is 32.7 Å². The normalized spacial score (nSPS) is 10.4. The van der Waals surface area contributed by atoms with Gasteiger partial charge in [0, 0.05) is 23.5 Å². The third-order valence-corrected chi connectivity index (χ3v) is 5.76. The number of amides is 2. The van der Waals surface area contributed by atoms with Crippen LogP contribution in [-0.4, -0.2) is 17.7 Å². The largest absolute Gasteiger partial charge is 0.417 e. The van der Waals surface area contributed by atoms with Gasteiger partial charge in [-0.05, 0) is 60.7 Å². The Morgan fingerprint density at radius 1 is 0.471 bits per heavy atom. The van der Waals surface area contributed by atoms with Crippen molar-refractivity contribution >= 4 is 45.4 Å². The molecule has 0 aliphatic heterocycles. The quantitative estimate of drug-likeness (QED) is 0.175. The summed E-state index contributed by atoms with van der Waals surface area (Å²) >= 11 is 0. The zero-order valence-electron chi connectivity index (χ0n) is 25.9. The van der Waals surface area contributed by atoms with Gasteiger partial charge in [0.2, 0.25) is 11.5 Å². The van der Waals surface area contributed by atoms with Crippen molar-refractivity contribution in [3.63, 3.8) is 0 Å². The number of anilines is 2. The molecule has 0 fully saturated rings. The van der Waals surface area contributed by atoms with E-state index in [4.69, 9.17) is 46.7 Å². The minimum Gasteiger partial charge on any atom is -0.412 e. The second kappa shape index (κ2) is 20.2. The van der Waals surface area contributed by atoms with Gasteiger partial charge in [0.1, 0.15) is 0 Å². The maximum atomic E-state index is 11.9. The van der Waals surface area contributed by atoms with Crippen LogP contribution in [0.5, 0.6) is 11.5 Å². The van der Waals surface area contributed by atoms with Crippen LogP contribution in [0, 0.1) is 20.5 Å². The van der Waals surface area contributed by atoms with Crippen molar-refractivity contribution in [1.82, 2.24) is 0 Å². The molecule has 0 aliphatic carbocycles. The maximum absolute atomic E-state index is 11.9. The maximum Gasteiger partial charge on any atom is 0.417 e. The summed E-state index contributed by atoms with van der Waals surface area (Å²) in [5, 5.41) is 7.33. The summed E-state index contributed by atoms with van der Waals surface area (Å²) in [5.74, 6) is 0.994. The van der Waals surface area contributed by atoms with Crippen LogP contribution in [-0.2, 0) is 0 Å². The van der Waals surface area contributed by atoms with Crippen LogP contribution in [0.15, 0.2) is 134 Å². The highest BCUT2D eigenvalue weighted by molar-refractivity contribution is 5.90. The highest BCUT2D eigenvalue weighted by Crippen LogP contribution is 2.22. The Balaban J connectivity index is 0.000000276. The molecule has 6 N–H and O–H groups in total. The van der Waals surface area contributed by atoms with Gasteiger partial charge in [0.15, 0.2) is 12.4 Å². The molecule has 0 spiro atoms. The molecule has 4 aromatic carbocycles. The Hall–Kier alpha value is -5.54. The molecule has 268 valence electrons. The second-order valence-corrected chi connectivity index (χ2v) is 10.8. The molecule has 6 rings (SSSR count). The van der Waals surface area contributed by atoms with Crippen molar-refractivity contribution in [1.29, 1.82) is 0 Å². The third kappa shape index (κ3) is 17.1. The molecule has 2 amide bonds. The Labute approximate surface area is 293 Å². The van der Waals surface area contributed by atoms with Crippen LogP contribution >= 0.6 is 0 Å². The molecule has 0 saturated carbocycles. The Bertz CT molecular complexity index is 1800. The van der Waals surface area contributed by atoms with Gasteiger partial charge in [-0.2, -0.15) is 0 Å². The number of pyridine rings is 2. The number of rotatable bonds is 4. The van der Waals surface area contributed by atoms with Crippen LogP contribution in [0.25, 0.3) is 21.8 Å². The first-order valence-corrected chi connectivity index (χ1v) is 16.2. The average molecular weight is 747 g/mol. The molecule has 51 heavy (non-hydrogen) atoms. The summed E-state index contributed by atoms with van der Waals surface area (Å²) < 4.78 is 78.6. The van der Waals surface area contributed by atoms with Crippen molar-refractivity contribution in [2.24, 2.45) is 0 Å². The fourth-order valence-electron chi connectivity index (χ4n) is 3.95. The van der Waals surface area contributed by atoms with Gasteiger partial charge in [-0.15, -0.1) is 20.5 Å². The summed E-state index contributed by atoms with van der Waals surface area (Å²) in [6, 6.07) is 37.2. The van der Waals surface area contributed by atoms with E-state index in [2.05, 4.69) is 20.6 Å². The number of aromatic amines is 2. The van der Waals surface area contributed by atoms with E-state index in [-0.39, 0.29) is 5.48 Å². The van der Waals surface area contributed by atoms with Gasteiger partial charge >= 0.3 is 12.2 Å². The van der Waals surface area contributed by atoms with Crippen LogP contribution in [0.2, 0.25) is 0 Å². The molecular weight excluding hydrogens is 719 g/mol. The lowest BCUT2D eigenvalue weighted by atomic mass is 10.2. The van der Waals surface area contributed by atoms with Crippen LogP contribution in [0.4, 0.5) is 21.0 Å². The Morgan fingerprint density at radius 2 is 0.784 bits per heavy atom. The first kappa shape index (κ1) is 41.6. The number of benzene rings is 4.